The van der Waals surface area contributed by atoms with Crippen LogP contribution in [0.4, 0.5) is 10.2 Å². The van der Waals surface area contributed by atoms with Crippen LogP contribution in [-0.2, 0) is 14.3 Å². The summed E-state index contributed by atoms with van der Waals surface area (Å²) >= 11 is 5.90. The van der Waals surface area contributed by atoms with Crippen molar-refractivity contribution in [2.75, 3.05) is 18.2 Å². The summed E-state index contributed by atoms with van der Waals surface area (Å²) in [5.41, 5.74) is 2.92. The number of nitrogen functional groups attached to an aromatic ring is 1. The minimum absolute atomic E-state index is 0.0258. The Kier molecular flexibility index (Phi) is 6.25. The van der Waals surface area contributed by atoms with Gasteiger partial charge in [0.15, 0.2) is 18.5 Å². The molecule has 0 amide bonds. The van der Waals surface area contributed by atoms with E-state index in [4.69, 9.17) is 26.8 Å². The molecular weight excluding hydrogens is 369 g/mol. The molecular formula is C16H23ClFN3O5. The molecule has 5 atom stereocenters. The first-order valence-corrected chi connectivity index (χ1v) is 8.74. The molecule has 0 radical (unpaired) electrons. The Bertz CT molecular complexity index is 709. The topological polar surface area (TPSA) is 117 Å². The quantitative estimate of drug-likeness (QED) is 0.545. The zero-order valence-corrected chi connectivity index (χ0v) is 15.5. The molecule has 2 heterocycles. The van der Waals surface area contributed by atoms with Gasteiger partial charge in [-0.1, -0.05) is 20.8 Å². The van der Waals surface area contributed by atoms with E-state index < -0.39 is 48.3 Å². The van der Waals surface area contributed by atoms with Crippen LogP contribution in [0, 0.1) is 11.8 Å². The van der Waals surface area contributed by atoms with E-state index in [1.807, 2.05) is 13.8 Å². The molecule has 26 heavy (non-hydrogen) atoms. The second-order valence-corrected chi connectivity index (χ2v) is 7.01. The molecule has 0 bridgehead atoms. The van der Waals surface area contributed by atoms with Crippen LogP contribution < -0.4 is 11.4 Å². The van der Waals surface area contributed by atoms with Crippen molar-refractivity contribution in [2.45, 2.75) is 44.9 Å². The molecule has 0 aromatic carbocycles. The normalized spacial score (nSPS) is 29.7. The molecule has 1 fully saturated rings. The summed E-state index contributed by atoms with van der Waals surface area (Å²) in [4.78, 5) is 27.8. The number of nitrogens with zero attached hydrogens (tertiary/aromatic N) is 2. The Hall–Kier alpha value is -1.71. The van der Waals surface area contributed by atoms with Crippen molar-refractivity contribution in [2.24, 2.45) is 11.8 Å². The van der Waals surface area contributed by atoms with Gasteiger partial charge in [-0.2, -0.15) is 4.98 Å². The molecule has 0 aliphatic carbocycles. The Morgan fingerprint density at radius 3 is 2.73 bits per heavy atom. The molecule has 3 N–H and O–H groups in total. The highest BCUT2D eigenvalue weighted by atomic mass is 35.5. The number of anilines is 1. The van der Waals surface area contributed by atoms with Gasteiger partial charge in [0.2, 0.25) is 0 Å². The number of carbonyl (C=O) groups is 1. The predicted molar refractivity (Wildman–Crippen MR) is 92.3 cm³/mol. The van der Waals surface area contributed by atoms with Crippen molar-refractivity contribution in [3.63, 3.8) is 0 Å². The van der Waals surface area contributed by atoms with E-state index in [2.05, 4.69) is 4.98 Å². The largest absolute Gasteiger partial charge is 0.456 e. The third kappa shape index (κ3) is 3.70. The highest BCUT2D eigenvalue weighted by Crippen LogP contribution is 2.41. The van der Waals surface area contributed by atoms with Crippen molar-refractivity contribution in [1.82, 2.24) is 9.55 Å². The van der Waals surface area contributed by atoms with Crippen molar-refractivity contribution in [3.05, 3.63) is 22.7 Å². The molecule has 1 aliphatic heterocycles. The first-order valence-electron chi connectivity index (χ1n) is 8.20. The van der Waals surface area contributed by atoms with E-state index in [1.165, 1.54) is 12.3 Å². The standard InChI is InChI=1S/C16H23ClFN3O5/c1-8(2)9(3)14(23)25-12-11(18)13(26-16(12,6-17)7-22)21-5-4-10(19)20-15(21)24/h4-5,8-9,11-13,22H,6-7H2,1-3H3,(H2,19,20,24)/t9?,11-,12+,13-,16-/m1/s1. The number of ether oxygens (including phenoxy) is 2. The highest BCUT2D eigenvalue weighted by molar-refractivity contribution is 6.18. The molecule has 10 heteroatoms. The number of nitrogens with two attached hydrogens (primary N) is 1. The Labute approximate surface area is 155 Å². The summed E-state index contributed by atoms with van der Waals surface area (Å²) in [5, 5.41) is 9.75. The minimum atomic E-state index is -1.94. The van der Waals surface area contributed by atoms with Gasteiger partial charge in [0.25, 0.3) is 0 Å². The lowest BCUT2D eigenvalue weighted by molar-refractivity contribution is -0.170. The first-order chi connectivity index (χ1) is 12.2. The third-order valence-electron chi connectivity index (χ3n) is 4.67. The van der Waals surface area contributed by atoms with Crippen LogP contribution in [0.2, 0.25) is 0 Å². The predicted octanol–water partition coefficient (Wildman–Crippen LogP) is 0.866. The zero-order valence-electron chi connectivity index (χ0n) is 14.8. The van der Waals surface area contributed by atoms with E-state index in [0.29, 0.717) is 0 Å². The number of hydrogen-bond acceptors (Lipinski definition) is 7. The maximum Gasteiger partial charge on any atom is 0.351 e. The number of aliphatic hydroxyl groups is 1. The summed E-state index contributed by atoms with van der Waals surface area (Å²) in [7, 11) is 0. The molecule has 2 rings (SSSR count). The molecule has 1 aromatic heterocycles. The first kappa shape index (κ1) is 20.6. The van der Waals surface area contributed by atoms with Crippen LogP contribution in [0.5, 0.6) is 0 Å². The number of hydrogen-bond donors (Lipinski definition) is 2. The van der Waals surface area contributed by atoms with Crippen molar-refractivity contribution >= 4 is 23.4 Å². The van der Waals surface area contributed by atoms with Crippen LogP contribution in [0.15, 0.2) is 17.1 Å². The van der Waals surface area contributed by atoms with Gasteiger partial charge in [-0.15, -0.1) is 11.6 Å². The molecule has 1 aromatic rings. The lowest BCUT2D eigenvalue weighted by Gasteiger charge is -2.31. The smallest absolute Gasteiger partial charge is 0.351 e. The number of aromatic nitrogens is 2. The summed E-state index contributed by atoms with van der Waals surface area (Å²) < 4.78 is 26.9. The van der Waals surface area contributed by atoms with Gasteiger partial charge in [0, 0.05) is 6.20 Å². The Balaban J connectivity index is 2.36. The van der Waals surface area contributed by atoms with Crippen LogP contribution >= 0.6 is 11.6 Å². The summed E-state index contributed by atoms with van der Waals surface area (Å²) in [5.74, 6) is -1.52. The summed E-state index contributed by atoms with van der Waals surface area (Å²) in [6.07, 6.45) is -3.66. The van der Waals surface area contributed by atoms with Gasteiger partial charge >= 0.3 is 11.7 Å². The number of carbonyl (C=O) groups excluding carboxylic acids is 1. The third-order valence-corrected chi connectivity index (χ3v) is 5.12. The molecule has 146 valence electrons. The Morgan fingerprint density at radius 1 is 1.58 bits per heavy atom. The lowest BCUT2D eigenvalue weighted by Crippen LogP contribution is -2.50. The number of rotatable bonds is 6. The van der Waals surface area contributed by atoms with Gasteiger partial charge < -0.3 is 20.3 Å². The second-order valence-electron chi connectivity index (χ2n) is 6.74. The summed E-state index contributed by atoms with van der Waals surface area (Å²) in [6.45, 7) is 4.61. The molecule has 1 aliphatic rings. The fraction of sp³-hybridized carbons (Fsp3) is 0.688. The molecule has 0 saturated carbocycles. The minimum Gasteiger partial charge on any atom is -0.456 e. The lowest BCUT2D eigenvalue weighted by atomic mass is 9.96. The monoisotopic (exact) mass is 391 g/mol. The molecule has 1 unspecified atom stereocenters. The highest BCUT2D eigenvalue weighted by Gasteiger charge is 2.58. The van der Waals surface area contributed by atoms with Crippen molar-refractivity contribution in [3.8, 4) is 0 Å². The van der Waals surface area contributed by atoms with Gasteiger partial charge in [-0.25, -0.2) is 9.18 Å². The average molecular weight is 392 g/mol. The SMILES string of the molecule is CC(C)C(C)C(=O)O[C@H]1[C@@H](F)[C@H](n2ccc(N)nc2=O)O[C@@]1(CO)CCl. The fourth-order valence-electron chi connectivity index (χ4n) is 2.60. The number of esters is 1. The maximum absolute atomic E-state index is 15.1. The van der Waals surface area contributed by atoms with E-state index >= 15 is 4.39 Å². The average Bonchev–Trinajstić information content (AvgIpc) is 2.87. The van der Waals surface area contributed by atoms with Crippen LogP contribution in [-0.4, -0.2) is 51.0 Å². The van der Waals surface area contributed by atoms with Crippen LogP contribution in [0.25, 0.3) is 0 Å². The zero-order chi connectivity index (χ0) is 19.6. The van der Waals surface area contributed by atoms with Gasteiger partial charge in [0.1, 0.15) is 11.4 Å². The van der Waals surface area contributed by atoms with E-state index in [0.717, 1.165) is 4.57 Å². The van der Waals surface area contributed by atoms with Crippen LogP contribution in [0.3, 0.4) is 0 Å². The second kappa shape index (κ2) is 7.89. The Morgan fingerprint density at radius 2 is 2.23 bits per heavy atom. The van der Waals surface area contributed by atoms with Gasteiger partial charge in [-0.05, 0) is 12.0 Å². The van der Waals surface area contributed by atoms with Gasteiger partial charge in [-0.3, -0.25) is 9.36 Å². The summed E-state index contributed by atoms with van der Waals surface area (Å²) in [6, 6.07) is 1.30. The van der Waals surface area contributed by atoms with E-state index in [9.17, 15) is 14.7 Å². The van der Waals surface area contributed by atoms with Crippen LogP contribution in [0.1, 0.15) is 27.0 Å². The van der Waals surface area contributed by atoms with E-state index in [1.54, 1.807) is 6.92 Å². The molecule has 1 saturated heterocycles. The fourth-order valence-corrected chi connectivity index (χ4v) is 2.90. The van der Waals surface area contributed by atoms with E-state index in [-0.39, 0.29) is 17.6 Å². The number of alkyl halides is 2. The molecule has 0 spiro atoms. The molecule has 8 nitrogen and oxygen atoms in total. The number of aliphatic hydroxyl groups excluding tert-OH is 1. The maximum atomic E-state index is 15.1. The number of halogens is 2. The van der Waals surface area contributed by atoms with Crippen molar-refractivity contribution < 1.29 is 23.8 Å². The van der Waals surface area contributed by atoms with Crippen molar-refractivity contribution in [1.29, 1.82) is 0 Å². The van der Waals surface area contributed by atoms with Gasteiger partial charge in [0.05, 0.1) is 18.4 Å².